The van der Waals surface area contributed by atoms with Crippen molar-refractivity contribution in [3.05, 3.63) is 35.0 Å². The summed E-state index contributed by atoms with van der Waals surface area (Å²) in [4.78, 5) is 23.9. The fourth-order valence-electron chi connectivity index (χ4n) is 2.36. The van der Waals surface area contributed by atoms with E-state index in [1.54, 1.807) is 18.2 Å². The van der Waals surface area contributed by atoms with Crippen molar-refractivity contribution >= 4 is 23.6 Å². The van der Waals surface area contributed by atoms with Gasteiger partial charge in [-0.3, -0.25) is 0 Å². The van der Waals surface area contributed by atoms with Crippen LogP contribution >= 0.6 is 11.6 Å². The molecule has 124 valence electrons. The second-order valence-corrected chi connectivity index (χ2v) is 4.93. The van der Waals surface area contributed by atoms with Crippen molar-refractivity contribution in [2.24, 2.45) is 0 Å². The van der Waals surface area contributed by atoms with E-state index < -0.39 is 18.0 Å². The lowest BCUT2D eigenvalue weighted by atomic mass is 9.95. The summed E-state index contributed by atoms with van der Waals surface area (Å²) in [7, 11) is 4.29. The van der Waals surface area contributed by atoms with E-state index in [9.17, 15) is 9.59 Å². The number of hydrogen-bond acceptors (Lipinski definition) is 5. The summed E-state index contributed by atoms with van der Waals surface area (Å²) >= 11 is 5.85. The number of ether oxygens (including phenoxy) is 3. The Morgan fingerprint density at radius 1 is 1.22 bits per heavy atom. The van der Waals surface area contributed by atoms with Gasteiger partial charge < -0.3 is 24.8 Å². The molecule has 2 rings (SSSR count). The van der Waals surface area contributed by atoms with Crippen LogP contribution in [-0.4, -0.2) is 39.2 Å². The molecule has 2 amide bonds. The highest BCUT2D eigenvalue weighted by Gasteiger charge is 2.33. The predicted molar refractivity (Wildman–Crippen MR) is 83.7 cm³/mol. The van der Waals surface area contributed by atoms with E-state index in [4.69, 9.17) is 25.8 Å². The summed E-state index contributed by atoms with van der Waals surface area (Å²) in [5.41, 5.74) is 1.19. The number of nitrogens with one attached hydrogen (secondary N) is 2. The molecule has 1 aromatic rings. The van der Waals surface area contributed by atoms with Crippen LogP contribution in [0.25, 0.3) is 0 Å². The standard InChI is InChI=1S/C15H17ClN2O5/c1-21-10-5-4-8(6-11(10)22-2)13-12(14(19)23-3)9(7-16)17-15(20)18-13/h4-6,13H,7H2,1-3H3,(H2,17,18,20). The minimum Gasteiger partial charge on any atom is -0.493 e. The third kappa shape index (κ3) is 3.34. The largest absolute Gasteiger partial charge is 0.493 e. The number of urea groups is 1. The molecule has 0 spiro atoms. The molecule has 23 heavy (non-hydrogen) atoms. The van der Waals surface area contributed by atoms with Crippen LogP contribution in [0.5, 0.6) is 11.5 Å². The van der Waals surface area contributed by atoms with Gasteiger partial charge in [0.15, 0.2) is 11.5 Å². The number of carbonyl (C=O) groups is 2. The van der Waals surface area contributed by atoms with Crippen LogP contribution in [0.1, 0.15) is 11.6 Å². The van der Waals surface area contributed by atoms with Gasteiger partial charge in [-0.05, 0) is 17.7 Å². The average Bonchev–Trinajstić information content (AvgIpc) is 2.59. The maximum absolute atomic E-state index is 12.1. The number of rotatable bonds is 5. The molecular weight excluding hydrogens is 324 g/mol. The van der Waals surface area contributed by atoms with Crippen LogP contribution in [0.2, 0.25) is 0 Å². The van der Waals surface area contributed by atoms with E-state index in [1.807, 2.05) is 0 Å². The first-order chi connectivity index (χ1) is 11.0. The van der Waals surface area contributed by atoms with Crippen LogP contribution in [0, 0.1) is 0 Å². The molecule has 1 aliphatic heterocycles. The number of halogens is 1. The van der Waals surface area contributed by atoms with E-state index in [2.05, 4.69) is 10.6 Å². The minimum atomic E-state index is -0.704. The molecule has 1 aromatic carbocycles. The second-order valence-electron chi connectivity index (χ2n) is 4.66. The first-order valence-electron chi connectivity index (χ1n) is 6.72. The number of methoxy groups -OCH3 is 3. The smallest absolute Gasteiger partial charge is 0.338 e. The summed E-state index contributed by atoms with van der Waals surface area (Å²) < 4.78 is 15.3. The van der Waals surface area contributed by atoms with Crippen LogP contribution < -0.4 is 20.1 Å². The number of carbonyl (C=O) groups excluding carboxylic acids is 2. The quantitative estimate of drug-likeness (QED) is 0.629. The first-order valence-corrected chi connectivity index (χ1v) is 7.25. The fraction of sp³-hybridized carbons (Fsp3) is 0.333. The molecule has 0 aromatic heterocycles. The third-order valence-corrected chi connectivity index (χ3v) is 3.70. The number of amides is 2. The summed E-state index contributed by atoms with van der Waals surface area (Å²) in [5.74, 6) is 0.418. The van der Waals surface area contributed by atoms with Crippen LogP contribution in [-0.2, 0) is 9.53 Å². The Morgan fingerprint density at radius 2 is 1.91 bits per heavy atom. The molecule has 0 saturated carbocycles. The normalized spacial score (nSPS) is 17.2. The zero-order valence-corrected chi connectivity index (χ0v) is 13.7. The van der Waals surface area contributed by atoms with Crippen molar-refractivity contribution in [3.63, 3.8) is 0 Å². The van der Waals surface area contributed by atoms with Crippen molar-refractivity contribution in [1.82, 2.24) is 10.6 Å². The van der Waals surface area contributed by atoms with Crippen molar-refractivity contribution in [3.8, 4) is 11.5 Å². The summed E-state index contributed by atoms with van der Waals surface area (Å²) in [5, 5.41) is 5.21. The van der Waals surface area contributed by atoms with E-state index in [0.29, 0.717) is 22.8 Å². The lowest BCUT2D eigenvalue weighted by molar-refractivity contribution is -0.136. The highest BCUT2D eigenvalue weighted by Crippen LogP contribution is 2.34. The summed E-state index contributed by atoms with van der Waals surface area (Å²) in [6, 6.07) is 3.95. The van der Waals surface area contributed by atoms with Gasteiger partial charge >= 0.3 is 12.0 Å². The van der Waals surface area contributed by atoms with Crippen LogP contribution in [0.4, 0.5) is 4.79 Å². The Balaban J connectivity index is 2.54. The second kappa shape index (κ2) is 7.23. The lowest BCUT2D eigenvalue weighted by Gasteiger charge is -2.28. The van der Waals surface area contributed by atoms with Gasteiger partial charge in [0.2, 0.25) is 0 Å². The van der Waals surface area contributed by atoms with Gasteiger partial charge in [-0.15, -0.1) is 11.6 Å². The molecule has 0 saturated heterocycles. The van der Waals surface area contributed by atoms with Crippen molar-refractivity contribution < 1.29 is 23.8 Å². The highest BCUT2D eigenvalue weighted by atomic mass is 35.5. The van der Waals surface area contributed by atoms with Crippen LogP contribution in [0.15, 0.2) is 29.5 Å². The van der Waals surface area contributed by atoms with E-state index in [1.165, 1.54) is 21.3 Å². The number of alkyl halides is 1. The predicted octanol–water partition coefficient (Wildman–Crippen LogP) is 1.72. The van der Waals surface area contributed by atoms with Gasteiger partial charge in [0.05, 0.1) is 38.8 Å². The SMILES string of the molecule is COC(=O)C1=C(CCl)NC(=O)NC1c1ccc(OC)c(OC)c1. The number of benzene rings is 1. The van der Waals surface area contributed by atoms with Crippen molar-refractivity contribution in [2.75, 3.05) is 27.2 Å². The van der Waals surface area contributed by atoms with Crippen molar-refractivity contribution in [1.29, 1.82) is 0 Å². The molecule has 1 unspecified atom stereocenters. The van der Waals surface area contributed by atoms with Crippen LogP contribution in [0.3, 0.4) is 0 Å². The third-order valence-electron chi connectivity index (χ3n) is 3.43. The Morgan fingerprint density at radius 3 is 2.48 bits per heavy atom. The molecule has 1 atom stereocenters. The first kappa shape index (κ1) is 17.0. The molecular formula is C15H17ClN2O5. The Hall–Kier alpha value is -2.41. The molecule has 8 heteroatoms. The zero-order valence-electron chi connectivity index (χ0n) is 12.9. The van der Waals surface area contributed by atoms with Gasteiger partial charge in [-0.2, -0.15) is 0 Å². The Kier molecular flexibility index (Phi) is 5.33. The Bertz CT molecular complexity index is 659. The van der Waals surface area contributed by atoms with Crippen molar-refractivity contribution in [2.45, 2.75) is 6.04 Å². The lowest BCUT2D eigenvalue weighted by Crippen LogP contribution is -2.46. The maximum Gasteiger partial charge on any atom is 0.338 e. The van der Waals surface area contributed by atoms with E-state index in [-0.39, 0.29) is 11.5 Å². The molecule has 0 fully saturated rings. The Labute approximate surface area is 138 Å². The fourth-order valence-corrected chi connectivity index (χ4v) is 2.57. The van der Waals surface area contributed by atoms with Gasteiger partial charge in [-0.25, -0.2) is 9.59 Å². The zero-order chi connectivity index (χ0) is 17.0. The topological polar surface area (TPSA) is 85.9 Å². The molecule has 1 heterocycles. The monoisotopic (exact) mass is 340 g/mol. The molecule has 0 radical (unpaired) electrons. The molecule has 0 bridgehead atoms. The van der Waals surface area contributed by atoms with E-state index >= 15 is 0 Å². The highest BCUT2D eigenvalue weighted by molar-refractivity contribution is 6.20. The van der Waals surface area contributed by atoms with Gasteiger partial charge in [-0.1, -0.05) is 6.07 Å². The molecule has 0 aliphatic carbocycles. The molecule has 2 N–H and O–H groups in total. The van der Waals surface area contributed by atoms with Gasteiger partial charge in [0, 0.05) is 5.70 Å². The minimum absolute atomic E-state index is 0.0261. The number of esters is 1. The van der Waals surface area contributed by atoms with Gasteiger partial charge in [0.25, 0.3) is 0 Å². The number of allylic oxidation sites excluding steroid dienone is 1. The number of hydrogen-bond donors (Lipinski definition) is 2. The maximum atomic E-state index is 12.1. The van der Waals surface area contributed by atoms with E-state index in [0.717, 1.165) is 0 Å². The van der Waals surface area contributed by atoms with Gasteiger partial charge in [0.1, 0.15) is 0 Å². The summed E-state index contributed by atoms with van der Waals surface area (Å²) in [6.07, 6.45) is 0. The molecule has 7 nitrogen and oxygen atoms in total. The average molecular weight is 341 g/mol. The molecule has 1 aliphatic rings. The summed E-state index contributed by atoms with van der Waals surface area (Å²) in [6.45, 7) is 0.